The summed E-state index contributed by atoms with van der Waals surface area (Å²) in [5, 5.41) is 4.35. The number of aromatic nitrogens is 1. The van der Waals surface area contributed by atoms with Crippen molar-refractivity contribution >= 4 is 51.0 Å². The van der Waals surface area contributed by atoms with E-state index in [4.69, 9.17) is 16.3 Å². The predicted octanol–water partition coefficient (Wildman–Crippen LogP) is 4.17. The fourth-order valence-corrected chi connectivity index (χ4v) is 3.09. The van der Waals surface area contributed by atoms with E-state index in [2.05, 4.69) is 32.9 Å². The Balaban J connectivity index is 2.30. The van der Waals surface area contributed by atoms with Crippen LogP contribution in [0.15, 0.2) is 24.4 Å². The van der Waals surface area contributed by atoms with Crippen LogP contribution in [-0.2, 0) is 4.79 Å². The summed E-state index contributed by atoms with van der Waals surface area (Å²) in [4.78, 5) is 16.5. The molecule has 22 heavy (non-hydrogen) atoms. The summed E-state index contributed by atoms with van der Waals surface area (Å²) in [6.45, 7) is 5.72. The van der Waals surface area contributed by atoms with Crippen LogP contribution >= 0.6 is 34.2 Å². The van der Waals surface area contributed by atoms with Crippen LogP contribution < -0.4 is 10.1 Å². The number of rotatable bonds is 5. The van der Waals surface area contributed by atoms with Gasteiger partial charge in [-0.3, -0.25) is 9.78 Å². The van der Waals surface area contributed by atoms with Crippen molar-refractivity contribution in [3.8, 4) is 5.75 Å². The molecule has 2 rings (SSSR count). The Morgan fingerprint density at radius 1 is 1.50 bits per heavy atom. The number of benzene rings is 1. The molecule has 0 fully saturated rings. The van der Waals surface area contributed by atoms with Crippen LogP contribution in [0.5, 0.6) is 5.75 Å². The SMILES string of the molecule is CC[C@@H](C)NC(=O)[C@H](C)Oc1c(I)cc(Cl)c2cccnc12. The molecule has 1 aromatic heterocycles. The van der Waals surface area contributed by atoms with E-state index < -0.39 is 6.10 Å². The summed E-state index contributed by atoms with van der Waals surface area (Å²) in [5.74, 6) is 0.455. The number of hydrogen-bond acceptors (Lipinski definition) is 3. The molecule has 0 spiro atoms. The van der Waals surface area contributed by atoms with Gasteiger partial charge in [-0.05, 0) is 61.1 Å². The molecule has 0 aliphatic carbocycles. The first-order chi connectivity index (χ1) is 10.4. The van der Waals surface area contributed by atoms with Gasteiger partial charge in [0.2, 0.25) is 0 Å². The first-order valence-corrected chi connectivity index (χ1v) is 8.59. The summed E-state index contributed by atoms with van der Waals surface area (Å²) >= 11 is 8.38. The number of amides is 1. The Kier molecular flexibility index (Phi) is 5.86. The van der Waals surface area contributed by atoms with Gasteiger partial charge in [0.1, 0.15) is 5.52 Å². The second kappa shape index (κ2) is 7.46. The summed E-state index contributed by atoms with van der Waals surface area (Å²) in [7, 11) is 0. The van der Waals surface area contributed by atoms with Gasteiger partial charge in [0.05, 0.1) is 8.59 Å². The average Bonchev–Trinajstić information content (AvgIpc) is 2.50. The van der Waals surface area contributed by atoms with Gasteiger partial charge < -0.3 is 10.1 Å². The highest BCUT2D eigenvalue weighted by molar-refractivity contribution is 14.1. The molecule has 0 bridgehead atoms. The van der Waals surface area contributed by atoms with Crippen LogP contribution in [0.3, 0.4) is 0 Å². The number of carbonyl (C=O) groups excluding carboxylic acids is 1. The molecular formula is C16H18ClIN2O2. The highest BCUT2D eigenvalue weighted by Gasteiger charge is 2.20. The Hall–Kier alpha value is -1.08. The van der Waals surface area contributed by atoms with Gasteiger partial charge >= 0.3 is 0 Å². The zero-order valence-electron chi connectivity index (χ0n) is 12.7. The lowest BCUT2D eigenvalue weighted by Crippen LogP contribution is -2.41. The van der Waals surface area contributed by atoms with E-state index in [0.717, 1.165) is 15.4 Å². The number of fused-ring (bicyclic) bond motifs is 1. The lowest BCUT2D eigenvalue weighted by atomic mass is 10.2. The minimum absolute atomic E-state index is 0.123. The molecule has 1 aromatic carbocycles. The maximum Gasteiger partial charge on any atom is 0.260 e. The molecule has 0 unspecified atom stereocenters. The molecule has 4 nitrogen and oxygen atoms in total. The predicted molar refractivity (Wildman–Crippen MR) is 97.5 cm³/mol. The Bertz CT molecular complexity index is 693. The topological polar surface area (TPSA) is 51.2 Å². The molecule has 118 valence electrons. The van der Waals surface area contributed by atoms with Crippen molar-refractivity contribution in [2.45, 2.75) is 39.3 Å². The zero-order chi connectivity index (χ0) is 16.3. The van der Waals surface area contributed by atoms with Crippen LogP contribution in [0.4, 0.5) is 0 Å². The van der Waals surface area contributed by atoms with Crippen LogP contribution in [0.2, 0.25) is 5.02 Å². The molecule has 0 aliphatic rings. The molecule has 0 saturated carbocycles. The second-order valence-corrected chi connectivity index (χ2v) is 6.72. The molecule has 1 amide bonds. The summed E-state index contributed by atoms with van der Waals surface area (Å²) < 4.78 is 6.71. The minimum Gasteiger partial charge on any atom is -0.477 e. The number of halogens is 2. The van der Waals surface area contributed by atoms with Crippen molar-refractivity contribution in [2.24, 2.45) is 0 Å². The monoisotopic (exact) mass is 432 g/mol. The van der Waals surface area contributed by atoms with Crippen molar-refractivity contribution < 1.29 is 9.53 Å². The van der Waals surface area contributed by atoms with Gasteiger partial charge in [0.25, 0.3) is 5.91 Å². The number of ether oxygens (including phenoxy) is 1. The van der Waals surface area contributed by atoms with Gasteiger partial charge in [0, 0.05) is 17.6 Å². The van der Waals surface area contributed by atoms with Gasteiger partial charge in [-0.1, -0.05) is 18.5 Å². The number of nitrogens with zero attached hydrogens (tertiary/aromatic N) is 1. The molecule has 0 radical (unpaired) electrons. The van der Waals surface area contributed by atoms with E-state index in [0.29, 0.717) is 16.3 Å². The van der Waals surface area contributed by atoms with Crippen LogP contribution in [0, 0.1) is 3.57 Å². The summed E-state index contributed by atoms with van der Waals surface area (Å²) in [6, 6.07) is 5.65. The molecule has 1 heterocycles. The molecule has 1 N–H and O–H groups in total. The summed E-state index contributed by atoms with van der Waals surface area (Å²) in [6.07, 6.45) is 1.96. The third-order valence-electron chi connectivity index (χ3n) is 3.42. The number of hydrogen-bond donors (Lipinski definition) is 1. The van der Waals surface area contributed by atoms with E-state index in [1.165, 1.54) is 0 Å². The second-order valence-electron chi connectivity index (χ2n) is 5.15. The lowest BCUT2D eigenvalue weighted by molar-refractivity contribution is -0.127. The van der Waals surface area contributed by atoms with E-state index in [1.807, 2.05) is 32.0 Å². The van der Waals surface area contributed by atoms with Crippen LogP contribution in [0.25, 0.3) is 10.9 Å². The standard InChI is InChI=1S/C16H18ClIN2O2/c1-4-9(2)20-16(21)10(3)22-15-13(18)8-12(17)11-6-5-7-19-14(11)15/h5-10H,4H2,1-3H3,(H,20,21)/t9-,10+/m1/s1. The van der Waals surface area contributed by atoms with Crippen LogP contribution in [0.1, 0.15) is 27.2 Å². The van der Waals surface area contributed by atoms with E-state index in [9.17, 15) is 4.79 Å². The van der Waals surface area contributed by atoms with Crippen molar-refractivity contribution in [3.63, 3.8) is 0 Å². The Labute approximate surface area is 148 Å². The van der Waals surface area contributed by atoms with E-state index >= 15 is 0 Å². The maximum absolute atomic E-state index is 12.1. The zero-order valence-corrected chi connectivity index (χ0v) is 15.6. The highest BCUT2D eigenvalue weighted by Crippen LogP contribution is 2.35. The highest BCUT2D eigenvalue weighted by atomic mass is 127. The minimum atomic E-state index is -0.603. The van der Waals surface area contributed by atoms with Crippen molar-refractivity contribution in [1.29, 1.82) is 0 Å². The van der Waals surface area contributed by atoms with Crippen LogP contribution in [-0.4, -0.2) is 23.0 Å². The molecule has 6 heteroatoms. The first-order valence-electron chi connectivity index (χ1n) is 7.13. The third-order valence-corrected chi connectivity index (χ3v) is 4.53. The normalized spacial score (nSPS) is 13.7. The Morgan fingerprint density at radius 3 is 2.91 bits per heavy atom. The fourth-order valence-electron chi connectivity index (χ4n) is 1.95. The molecule has 2 atom stereocenters. The van der Waals surface area contributed by atoms with Crippen molar-refractivity contribution in [2.75, 3.05) is 0 Å². The van der Waals surface area contributed by atoms with Gasteiger partial charge in [0.15, 0.2) is 11.9 Å². The first kappa shape index (κ1) is 17.3. The fraction of sp³-hybridized carbons (Fsp3) is 0.375. The van der Waals surface area contributed by atoms with Gasteiger partial charge in [-0.25, -0.2) is 0 Å². The quantitative estimate of drug-likeness (QED) is 0.721. The van der Waals surface area contributed by atoms with Gasteiger partial charge in [-0.15, -0.1) is 0 Å². The third kappa shape index (κ3) is 3.81. The summed E-state index contributed by atoms with van der Waals surface area (Å²) in [5.41, 5.74) is 0.669. The van der Waals surface area contributed by atoms with Crippen molar-refractivity contribution in [3.05, 3.63) is 33.0 Å². The molecule has 0 aliphatic heterocycles. The number of carbonyl (C=O) groups is 1. The van der Waals surface area contributed by atoms with E-state index in [1.54, 1.807) is 13.1 Å². The van der Waals surface area contributed by atoms with Gasteiger partial charge in [-0.2, -0.15) is 0 Å². The lowest BCUT2D eigenvalue weighted by Gasteiger charge is -2.19. The largest absolute Gasteiger partial charge is 0.477 e. The smallest absolute Gasteiger partial charge is 0.260 e. The molecule has 2 aromatic rings. The Morgan fingerprint density at radius 2 is 2.23 bits per heavy atom. The molecular weight excluding hydrogens is 415 g/mol. The van der Waals surface area contributed by atoms with Crippen molar-refractivity contribution in [1.82, 2.24) is 10.3 Å². The van der Waals surface area contributed by atoms with E-state index in [-0.39, 0.29) is 11.9 Å². The number of pyridine rings is 1. The average molecular weight is 433 g/mol. The maximum atomic E-state index is 12.1. The number of nitrogens with one attached hydrogen (secondary N) is 1. The molecule has 0 saturated heterocycles.